The molecular weight excluding hydrogens is 340 g/mol. The van der Waals surface area contributed by atoms with E-state index in [2.05, 4.69) is 13.8 Å². The van der Waals surface area contributed by atoms with Gasteiger partial charge in [0, 0.05) is 17.6 Å². The number of rotatable bonds is 4. The third kappa shape index (κ3) is 3.87. The quantitative estimate of drug-likeness (QED) is 0.768. The number of halogens is 1. The first-order valence-electron chi connectivity index (χ1n) is 8.68. The Bertz CT molecular complexity index is 699. The van der Waals surface area contributed by atoms with Gasteiger partial charge in [0.1, 0.15) is 6.42 Å². The van der Waals surface area contributed by atoms with Crippen molar-refractivity contribution in [3.05, 3.63) is 34.9 Å². The molecule has 1 aromatic rings. The largest absolute Gasteiger partial charge is 0.333 e. The lowest BCUT2D eigenvalue weighted by Crippen LogP contribution is -2.58. The maximum atomic E-state index is 12.8. The van der Waals surface area contributed by atoms with Crippen LogP contribution in [0.5, 0.6) is 0 Å². The number of hydrogen-bond donors (Lipinski definition) is 0. The molecule has 0 spiro atoms. The summed E-state index contributed by atoms with van der Waals surface area (Å²) < 4.78 is 0. The minimum atomic E-state index is -0.460. The average Bonchev–Trinajstić information content (AvgIpc) is 2.88. The van der Waals surface area contributed by atoms with Crippen molar-refractivity contribution in [2.45, 2.75) is 52.0 Å². The molecule has 1 atom stereocenters. The van der Waals surface area contributed by atoms with Crippen LogP contribution in [0.1, 0.15) is 45.1 Å². The van der Waals surface area contributed by atoms with E-state index >= 15 is 0 Å². The molecular formula is C19H23ClN2O3. The molecule has 1 unspecified atom stereocenters. The van der Waals surface area contributed by atoms with Gasteiger partial charge in [-0.3, -0.25) is 19.4 Å². The molecule has 2 aliphatic rings. The highest BCUT2D eigenvalue weighted by Gasteiger charge is 2.45. The van der Waals surface area contributed by atoms with E-state index in [4.69, 9.17) is 11.6 Å². The molecule has 0 bridgehead atoms. The number of urea groups is 1. The molecule has 1 aliphatic heterocycles. The summed E-state index contributed by atoms with van der Waals surface area (Å²) in [5.74, 6) is -0.766. The van der Waals surface area contributed by atoms with Crippen LogP contribution in [0.3, 0.4) is 0 Å². The molecule has 6 heteroatoms. The standard InChI is InChI=1S/C19H23ClN2O3/c1-19(2)9-7-15(12-19)22-17(24)11-16(23)21(18(22)25)10-8-13-3-5-14(20)6-4-13/h3-6,15H,7-12H2,1-2H3. The van der Waals surface area contributed by atoms with Crippen LogP contribution in [0.2, 0.25) is 5.02 Å². The van der Waals surface area contributed by atoms with Crippen molar-refractivity contribution >= 4 is 29.4 Å². The van der Waals surface area contributed by atoms with Crippen LogP contribution < -0.4 is 0 Å². The summed E-state index contributed by atoms with van der Waals surface area (Å²) >= 11 is 5.87. The SMILES string of the molecule is CC1(C)CCC(N2C(=O)CC(=O)N(CCc3ccc(Cl)cc3)C2=O)C1. The van der Waals surface area contributed by atoms with Crippen LogP contribution in [0.25, 0.3) is 0 Å². The average molecular weight is 363 g/mol. The molecule has 0 radical (unpaired) electrons. The molecule has 1 saturated heterocycles. The van der Waals surface area contributed by atoms with Gasteiger partial charge in [-0.05, 0) is 48.8 Å². The lowest BCUT2D eigenvalue weighted by Gasteiger charge is -2.36. The van der Waals surface area contributed by atoms with Gasteiger partial charge in [-0.25, -0.2) is 4.79 Å². The van der Waals surface area contributed by atoms with E-state index in [1.54, 1.807) is 12.1 Å². The van der Waals surface area contributed by atoms with Crippen LogP contribution in [0.4, 0.5) is 4.79 Å². The normalized spacial score (nSPS) is 23.5. The molecule has 1 aromatic carbocycles. The van der Waals surface area contributed by atoms with Crippen LogP contribution >= 0.6 is 11.6 Å². The zero-order valence-electron chi connectivity index (χ0n) is 14.6. The predicted molar refractivity (Wildman–Crippen MR) is 95.1 cm³/mol. The predicted octanol–water partition coefficient (Wildman–Crippen LogP) is 3.64. The first-order valence-corrected chi connectivity index (χ1v) is 9.05. The second-order valence-corrected chi connectivity index (χ2v) is 8.14. The number of carbonyl (C=O) groups is 3. The van der Waals surface area contributed by atoms with Crippen LogP contribution in [-0.4, -0.2) is 40.2 Å². The lowest BCUT2D eigenvalue weighted by atomic mass is 9.91. The van der Waals surface area contributed by atoms with E-state index in [9.17, 15) is 14.4 Å². The van der Waals surface area contributed by atoms with Crippen molar-refractivity contribution in [1.29, 1.82) is 0 Å². The van der Waals surface area contributed by atoms with Crippen LogP contribution in [0, 0.1) is 5.41 Å². The summed E-state index contributed by atoms with van der Waals surface area (Å²) in [6.07, 6.45) is 2.91. The Morgan fingerprint density at radius 3 is 2.40 bits per heavy atom. The minimum Gasteiger partial charge on any atom is -0.274 e. The van der Waals surface area contributed by atoms with Gasteiger partial charge in [-0.1, -0.05) is 37.6 Å². The minimum absolute atomic E-state index is 0.0962. The number of barbiturate groups is 1. The first kappa shape index (κ1) is 17.9. The monoisotopic (exact) mass is 362 g/mol. The number of hydrogen-bond acceptors (Lipinski definition) is 3. The van der Waals surface area contributed by atoms with Crippen molar-refractivity contribution in [1.82, 2.24) is 9.80 Å². The van der Waals surface area contributed by atoms with Gasteiger partial charge in [-0.2, -0.15) is 0 Å². The van der Waals surface area contributed by atoms with Gasteiger partial charge in [0.15, 0.2) is 0 Å². The lowest BCUT2D eigenvalue weighted by molar-refractivity contribution is -0.143. The molecule has 4 amide bonds. The number of carbonyl (C=O) groups excluding carboxylic acids is 3. The summed E-state index contributed by atoms with van der Waals surface area (Å²) in [6.45, 7) is 4.57. The highest BCUT2D eigenvalue weighted by atomic mass is 35.5. The van der Waals surface area contributed by atoms with Crippen molar-refractivity contribution in [2.75, 3.05) is 6.54 Å². The molecule has 0 N–H and O–H groups in total. The van der Waals surface area contributed by atoms with Crippen LogP contribution in [0.15, 0.2) is 24.3 Å². The fourth-order valence-corrected chi connectivity index (χ4v) is 3.87. The first-order chi connectivity index (χ1) is 11.8. The molecule has 3 rings (SSSR count). The van der Waals surface area contributed by atoms with Crippen molar-refractivity contribution in [3.8, 4) is 0 Å². The molecule has 5 nitrogen and oxygen atoms in total. The van der Waals surface area contributed by atoms with Gasteiger partial charge in [-0.15, -0.1) is 0 Å². The number of benzene rings is 1. The Balaban J connectivity index is 1.70. The van der Waals surface area contributed by atoms with E-state index < -0.39 is 11.9 Å². The van der Waals surface area contributed by atoms with E-state index in [-0.39, 0.29) is 30.3 Å². The highest BCUT2D eigenvalue weighted by Crippen LogP contribution is 2.40. The van der Waals surface area contributed by atoms with Crippen molar-refractivity contribution < 1.29 is 14.4 Å². The third-order valence-corrected chi connectivity index (χ3v) is 5.41. The van der Waals surface area contributed by atoms with Gasteiger partial charge >= 0.3 is 6.03 Å². The molecule has 2 fully saturated rings. The Kier molecular flexibility index (Phi) is 4.87. The Morgan fingerprint density at radius 1 is 1.12 bits per heavy atom. The molecule has 1 aliphatic carbocycles. The Hall–Kier alpha value is -1.88. The second kappa shape index (κ2) is 6.79. The number of nitrogens with zero attached hydrogens (tertiary/aromatic N) is 2. The van der Waals surface area contributed by atoms with Gasteiger partial charge in [0.05, 0.1) is 0 Å². The van der Waals surface area contributed by atoms with Gasteiger partial charge in [0.2, 0.25) is 11.8 Å². The molecule has 134 valence electrons. The van der Waals surface area contributed by atoms with E-state index in [0.29, 0.717) is 11.4 Å². The maximum absolute atomic E-state index is 12.8. The maximum Gasteiger partial charge on any atom is 0.333 e. The highest BCUT2D eigenvalue weighted by molar-refractivity contribution is 6.30. The molecule has 0 aromatic heterocycles. The topological polar surface area (TPSA) is 57.7 Å². The van der Waals surface area contributed by atoms with Gasteiger partial charge in [0.25, 0.3) is 0 Å². The molecule has 25 heavy (non-hydrogen) atoms. The molecule has 1 heterocycles. The zero-order valence-corrected chi connectivity index (χ0v) is 15.4. The summed E-state index contributed by atoms with van der Waals surface area (Å²) in [5, 5.41) is 0.648. The van der Waals surface area contributed by atoms with Gasteiger partial charge < -0.3 is 0 Å². The van der Waals surface area contributed by atoms with E-state index in [1.807, 2.05) is 12.1 Å². The van der Waals surface area contributed by atoms with Crippen molar-refractivity contribution in [3.63, 3.8) is 0 Å². The molecule has 1 saturated carbocycles. The summed E-state index contributed by atoms with van der Waals surface area (Å²) in [5.41, 5.74) is 1.12. The zero-order chi connectivity index (χ0) is 18.2. The van der Waals surface area contributed by atoms with E-state index in [0.717, 1.165) is 24.8 Å². The Labute approximate surface area is 152 Å². The summed E-state index contributed by atoms with van der Waals surface area (Å²) in [6, 6.07) is 6.77. The second-order valence-electron chi connectivity index (χ2n) is 7.71. The third-order valence-electron chi connectivity index (χ3n) is 5.15. The number of amides is 4. The summed E-state index contributed by atoms with van der Waals surface area (Å²) in [7, 11) is 0. The number of imide groups is 2. The fourth-order valence-electron chi connectivity index (χ4n) is 3.75. The fraction of sp³-hybridized carbons (Fsp3) is 0.526. The van der Waals surface area contributed by atoms with Crippen LogP contribution in [-0.2, 0) is 16.0 Å². The Morgan fingerprint density at radius 2 is 1.80 bits per heavy atom. The smallest absolute Gasteiger partial charge is 0.274 e. The summed E-state index contributed by atoms with van der Waals surface area (Å²) in [4.78, 5) is 39.9. The van der Waals surface area contributed by atoms with E-state index in [1.165, 1.54) is 9.80 Å². The van der Waals surface area contributed by atoms with Crippen molar-refractivity contribution in [2.24, 2.45) is 5.41 Å².